The van der Waals surface area contributed by atoms with E-state index in [0.29, 0.717) is 6.04 Å². The summed E-state index contributed by atoms with van der Waals surface area (Å²) < 4.78 is 2.17. The summed E-state index contributed by atoms with van der Waals surface area (Å²) in [6, 6.07) is 6.51. The number of fused-ring (bicyclic) bond motifs is 1. The van der Waals surface area contributed by atoms with Crippen LogP contribution in [0.4, 0.5) is 0 Å². The topological polar surface area (TPSA) is 34.9 Å². The molecule has 0 N–H and O–H groups in total. The molecule has 0 spiro atoms. The van der Waals surface area contributed by atoms with Crippen molar-refractivity contribution in [3.05, 3.63) is 29.5 Å². The molecule has 3 heteroatoms. The zero-order valence-electron chi connectivity index (χ0n) is 11.6. The molecule has 0 bridgehead atoms. The number of ketones is 1. The number of carbonyl (C=O) groups is 1. The second-order valence-electron chi connectivity index (χ2n) is 5.47. The predicted molar refractivity (Wildman–Crippen MR) is 76.6 cm³/mol. The summed E-state index contributed by atoms with van der Waals surface area (Å²) in [4.78, 5) is 11.6. The Labute approximate surface area is 113 Å². The van der Waals surface area contributed by atoms with Crippen molar-refractivity contribution in [1.29, 1.82) is 0 Å². The third-order valence-corrected chi connectivity index (χ3v) is 4.20. The van der Waals surface area contributed by atoms with Crippen molar-refractivity contribution in [2.24, 2.45) is 0 Å². The summed E-state index contributed by atoms with van der Waals surface area (Å²) in [5.41, 5.74) is 3.07. The van der Waals surface area contributed by atoms with E-state index in [0.717, 1.165) is 23.2 Å². The van der Waals surface area contributed by atoms with Crippen molar-refractivity contribution in [2.75, 3.05) is 0 Å². The average Bonchev–Trinajstić information content (AvgIpc) is 3.04. The van der Waals surface area contributed by atoms with Gasteiger partial charge in [0.15, 0.2) is 5.78 Å². The van der Waals surface area contributed by atoms with Gasteiger partial charge in [0.25, 0.3) is 0 Å². The number of aromatic nitrogens is 2. The Morgan fingerprint density at radius 1 is 1.37 bits per heavy atom. The Morgan fingerprint density at radius 3 is 2.74 bits per heavy atom. The number of carbonyl (C=O) groups excluding carboxylic acids is 1. The molecular formula is C16H20N2O. The number of nitrogens with zero attached hydrogens (tertiary/aromatic N) is 2. The highest BCUT2D eigenvalue weighted by Gasteiger charge is 2.21. The van der Waals surface area contributed by atoms with E-state index in [1.54, 1.807) is 6.92 Å². The minimum Gasteiger partial charge on any atom is -0.295 e. The molecular weight excluding hydrogens is 236 g/mol. The molecule has 1 aromatic heterocycles. The van der Waals surface area contributed by atoms with Crippen molar-refractivity contribution in [3.8, 4) is 0 Å². The van der Waals surface area contributed by atoms with Crippen LogP contribution in [0.15, 0.2) is 18.2 Å². The van der Waals surface area contributed by atoms with Crippen LogP contribution in [0.3, 0.4) is 0 Å². The van der Waals surface area contributed by atoms with Gasteiger partial charge in [-0.15, -0.1) is 0 Å². The lowest BCUT2D eigenvalue weighted by atomic mass is 10.1. The van der Waals surface area contributed by atoms with Crippen molar-refractivity contribution in [3.63, 3.8) is 0 Å². The highest BCUT2D eigenvalue weighted by molar-refractivity contribution is 5.98. The van der Waals surface area contributed by atoms with E-state index in [-0.39, 0.29) is 5.78 Å². The van der Waals surface area contributed by atoms with E-state index in [1.807, 2.05) is 12.1 Å². The van der Waals surface area contributed by atoms with Crippen LogP contribution in [0.1, 0.15) is 61.6 Å². The van der Waals surface area contributed by atoms with Crippen LogP contribution in [0.5, 0.6) is 0 Å². The van der Waals surface area contributed by atoms with Crippen molar-refractivity contribution < 1.29 is 4.79 Å². The molecule has 1 saturated carbocycles. The van der Waals surface area contributed by atoms with E-state index in [9.17, 15) is 4.79 Å². The molecule has 0 atom stereocenters. The predicted octanol–water partition coefficient (Wildman–Crippen LogP) is 3.92. The van der Waals surface area contributed by atoms with E-state index < -0.39 is 0 Å². The molecule has 2 aromatic rings. The molecule has 0 amide bonds. The Kier molecular flexibility index (Phi) is 3.13. The monoisotopic (exact) mass is 256 g/mol. The van der Waals surface area contributed by atoms with E-state index in [4.69, 9.17) is 5.10 Å². The Bertz CT molecular complexity index is 621. The fourth-order valence-electron chi connectivity index (χ4n) is 3.11. The molecule has 3 nitrogen and oxygen atoms in total. The number of benzene rings is 1. The van der Waals surface area contributed by atoms with E-state index in [2.05, 4.69) is 17.7 Å². The van der Waals surface area contributed by atoms with Crippen LogP contribution in [-0.2, 0) is 6.42 Å². The van der Waals surface area contributed by atoms with Gasteiger partial charge < -0.3 is 0 Å². The maximum absolute atomic E-state index is 11.6. The van der Waals surface area contributed by atoms with Crippen LogP contribution >= 0.6 is 0 Å². The quantitative estimate of drug-likeness (QED) is 0.780. The van der Waals surface area contributed by atoms with Gasteiger partial charge in [0.05, 0.1) is 17.3 Å². The third kappa shape index (κ3) is 2.07. The van der Waals surface area contributed by atoms with Crippen LogP contribution in [-0.4, -0.2) is 15.6 Å². The van der Waals surface area contributed by atoms with Gasteiger partial charge in [-0.2, -0.15) is 5.10 Å². The summed E-state index contributed by atoms with van der Waals surface area (Å²) in [5.74, 6) is 0.124. The second kappa shape index (κ2) is 4.80. The minimum atomic E-state index is 0.124. The van der Waals surface area contributed by atoms with E-state index >= 15 is 0 Å². The third-order valence-electron chi connectivity index (χ3n) is 4.20. The first-order chi connectivity index (χ1) is 9.20. The Hall–Kier alpha value is -1.64. The van der Waals surface area contributed by atoms with Crippen molar-refractivity contribution in [2.45, 2.75) is 52.0 Å². The fraction of sp³-hybridized carbons (Fsp3) is 0.500. The fourth-order valence-corrected chi connectivity index (χ4v) is 3.11. The molecule has 100 valence electrons. The lowest BCUT2D eigenvalue weighted by Crippen LogP contribution is -2.07. The molecule has 3 rings (SSSR count). The zero-order chi connectivity index (χ0) is 13.4. The molecule has 0 aliphatic heterocycles. The standard InChI is InChI=1S/C16H20N2O/c1-3-15-14-9-8-12(11(2)19)10-16(14)18(17-15)13-6-4-5-7-13/h8-10,13H,3-7H2,1-2H3. The van der Waals surface area contributed by atoms with Gasteiger partial charge in [-0.25, -0.2) is 0 Å². The van der Waals surface area contributed by atoms with Crippen molar-refractivity contribution in [1.82, 2.24) is 9.78 Å². The van der Waals surface area contributed by atoms with Gasteiger partial charge in [0.2, 0.25) is 0 Å². The Balaban J connectivity index is 2.18. The summed E-state index contributed by atoms with van der Waals surface area (Å²) in [6.45, 7) is 3.76. The van der Waals surface area contributed by atoms with Crippen LogP contribution in [0, 0.1) is 0 Å². The normalized spacial score (nSPS) is 16.3. The number of hydrogen-bond donors (Lipinski definition) is 0. The average molecular weight is 256 g/mol. The van der Waals surface area contributed by atoms with Crippen LogP contribution in [0.2, 0.25) is 0 Å². The number of hydrogen-bond acceptors (Lipinski definition) is 2. The Morgan fingerprint density at radius 2 is 2.11 bits per heavy atom. The van der Waals surface area contributed by atoms with Crippen LogP contribution < -0.4 is 0 Å². The first kappa shape index (κ1) is 12.4. The maximum atomic E-state index is 11.6. The van der Waals surface area contributed by atoms with Crippen molar-refractivity contribution >= 4 is 16.7 Å². The van der Waals surface area contributed by atoms with Gasteiger partial charge >= 0.3 is 0 Å². The highest BCUT2D eigenvalue weighted by atomic mass is 16.1. The number of aryl methyl sites for hydroxylation is 1. The van der Waals surface area contributed by atoms with Gasteiger partial charge in [-0.1, -0.05) is 31.9 Å². The smallest absolute Gasteiger partial charge is 0.159 e. The molecule has 1 aliphatic carbocycles. The second-order valence-corrected chi connectivity index (χ2v) is 5.47. The van der Waals surface area contributed by atoms with Crippen LogP contribution in [0.25, 0.3) is 10.9 Å². The number of rotatable bonds is 3. The lowest BCUT2D eigenvalue weighted by molar-refractivity contribution is 0.101. The molecule has 1 fully saturated rings. The molecule has 1 aliphatic rings. The van der Waals surface area contributed by atoms with Gasteiger partial charge in [-0.05, 0) is 32.3 Å². The SMILES string of the molecule is CCc1nn(C2CCCC2)c2cc(C(C)=O)ccc12. The van der Waals surface area contributed by atoms with Gasteiger partial charge in [0, 0.05) is 10.9 Å². The molecule has 19 heavy (non-hydrogen) atoms. The number of Topliss-reactive ketones (excluding diaryl/α,β-unsaturated/α-hetero) is 1. The molecule has 1 aromatic carbocycles. The molecule has 0 radical (unpaired) electrons. The summed E-state index contributed by atoms with van der Waals surface area (Å²) in [5, 5.41) is 6.00. The zero-order valence-corrected chi connectivity index (χ0v) is 11.6. The molecule has 0 unspecified atom stereocenters. The van der Waals surface area contributed by atoms with Gasteiger partial charge in [0.1, 0.15) is 0 Å². The molecule has 1 heterocycles. The largest absolute Gasteiger partial charge is 0.295 e. The first-order valence-corrected chi connectivity index (χ1v) is 7.22. The first-order valence-electron chi connectivity index (χ1n) is 7.22. The lowest BCUT2D eigenvalue weighted by Gasteiger charge is -2.11. The minimum absolute atomic E-state index is 0.124. The maximum Gasteiger partial charge on any atom is 0.159 e. The molecule has 0 saturated heterocycles. The highest BCUT2D eigenvalue weighted by Crippen LogP contribution is 2.33. The summed E-state index contributed by atoms with van der Waals surface area (Å²) in [7, 11) is 0. The van der Waals surface area contributed by atoms with E-state index in [1.165, 1.54) is 31.1 Å². The summed E-state index contributed by atoms with van der Waals surface area (Å²) in [6.07, 6.45) is 5.95. The van der Waals surface area contributed by atoms with Gasteiger partial charge in [-0.3, -0.25) is 9.48 Å². The summed E-state index contributed by atoms with van der Waals surface area (Å²) >= 11 is 0.